The van der Waals surface area contributed by atoms with Crippen molar-refractivity contribution >= 4 is 5.91 Å². The van der Waals surface area contributed by atoms with Gasteiger partial charge in [-0.25, -0.2) is 0 Å². The Kier molecular flexibility index (Phi) is 3.13. The van der Waals surface area contributed by atoms with Gasteiger partial charge in [-0.3, -0.25) is 4.79 Å². The van der Waals surface area contributed by atoms with Crippen molar-refractivity contribution in [3.05, 3.63) is 47.3 Å². The average Bonchev–Trinajstić information content (AvgIpc) is 3.37. The van der Waals surface area contributed by atoms with Crippen molar-refractivity contribution in [3.63, 3.8) is 0 Å². The molecule has 2 aromatic rings. The van der Waals surface area contributed by atoms with E-state index < -0.39 is 0 Å². The minimum atomic E-state index is -0.0339. The fourth-order valence-electron chi connectivity index (χ4n) is 3.01. The van der Waals surface area contributed by atoms with E-state index in [1.165, 1.54) is 6.42 Å². The van der Waals surface area contributed by atoms with E-state index in [-0.39, 0.29) is 5.91 Å². The number of amides is 1. The summed E-state index contributed by atoms with van der Waals surface area (Å²) in [5, 5.41) is 0. The van der Waals surface area contributed by atoms with Crippen molar-refractivity contribution in [2.75, 3.05) is 0 Å². The number of hydrogen-bond donors (Lipinski definition) is 0. The van der Waals surface area contributed by atoms with Crippen LogP contribution in [-0.2, 0) is 6.54 Å². The van der Waals surface area contributed by atoms with E-state index in [0.29, 0.717) is 24.3 Å². The standard InChI is InChI=1S/C18H21NO3/c1-11-9-15(11)16-8-6-14(22-16)10-19(13-4-5-13)18(20)17-7-3-12(2)21-17/h3,6-8,11,13,15H,4-5,9-10H2,1-2H3. The predicted molar refractivity (Wildman–Crippen MR) is 81.6 cm³/mol. The third-order valence-corrected chi connectivity index (χ3v) is 4.68. The maximum absolute atomic E-state index is 12.6. The van der Waals surface area contributed by atoms with Gasteiger partial charge in [0, 0.05) is 12.0 Å². The van der Waals surface area contributed by atoms with Gasteiger partial charge in [-0.15, -0.1) is 0 Å². The minimum Gasteiger partial charge on any atom is -0.464 e. The first-order valence-electron chi connectivity index (χ1n) is 8.08. The van der Waals surface area contributed by atoms with Gasteiger partial charge in [-0.05, 0) is 56.4 Å². The molecule has 2 heterocycles. The molecule has 2 fully saturated rings. The van der Waals surface area contributed by atoms with Crippen LogP contribution < -0.4 is 0 Å². The molecule has 0 radical (unpaired) electrons. The molecule has 2 saturated carbocycles. The quantitative estimate of drug-likeness (QED) is 0.834. The number of carbonyl (C=O) groups is 1. The third-order valence-electron chi connectivity index (χ3n) is 4.68. The highest BCUT2D eigenvalue weighted by atomic mass is 16.4. The number of hydrogen-bond acceptors (Lipinski definition) is 3. The normalized spacial score (nSPS) is 23.5. The Bertz CT molecular complexity index is 695. The highest BCUT2D eigenvalue weighted by Gasteiger charge is 2.38. The molecule has 2 aliphatic rings. The van der Waals surface area contributed by atoms with Gasteiger partial charge in [-0.1, -0.05) is 6.92 Å². The van der Waals surface area contributed by atoms with Crippen LogP contribution in [0.5, 0.6) is 0 Å². The van der Waals surface area contributed by atoms with Crippen molar-refractivity contribution in [2.24, 2.45) is 5.92 Å². The van der Waals surface area contributed by atoms with Crippen molar-refractivity contribution in [3.8, 4) is 0 Å². The molecule has 0 N–H and O–H groups in total. The van der Waals surface area contributed by atoms with Crippen LogP contribution in [0.1, 0.15) is 59.9 Å². The summed E-state index contributed by atoms with van der Waals surface area (Å²) in [6.07, 6.45) is 3.35. The lowest BCUT2D eigenvalue weighted by Crippen LogP contribution is -2.32. The summed E-state index contributed by atoms with van der Waals surface area (Å²) in [6.45, 7) is 4.63. The summed E-state index contributed by atoms with van der Waals surface area (Å²) in [6, 6.07) is 7.99. The monoisotopic (exact) mass is 299 g/mol. The molecular weight excluding hydrogens is 278 g/mol. The molecule has 4 nitrogen and oxygen atoms in total. The molecule has 2 aromatic heterocycles. The average molecular weight is 299 g/mol. The Morgan fingerprint density at radius 3 is 2.59 bits per heavy atom. The number of aryl methyl sites for hydroxylation is 1. The molecule has 0 aromatic carbocycles. The zero-order chi connectivity index (χ0) is 15.3. The molecule has 0 saturated heterocycles. The summed E-state index contributed by atoms with van der Waals surface area (Å²) in [5.74, 6) is 4.40. The van der Waals surface area contributed by atoms with Crippen LogP contribution in [0.25, 0.3) is 0 Å². The first kappa shape index (κ1) is 13.7. The molecular formula is C18H21NO3. The summed E-state index contributed by atoms with van der Waals surface area (Å²) >= 11 is 0. The zero-order valence-corrected chi connectivity index (χ0v) is 13.0. The van der Waals surface area contributed by atoms with Crippen LogP contribution >= 0.6 is 0 Å². The van der Waals surface area contributed by atoms with Crippen LogP contribution in [0.4, 0.5) is 0 Å². The largest absolute Gasteiger partial charge is 0.464 e. The number of carbonyl (C=O) groups excluding carboxylic acids is 1. The van der Waals surface area contributed by atoms with E-state index in [4.69, 9.17) is 8.83 Å². The van der Waals surface area contributed by atoms with E-state index in [9.17, 15) is 4.79 Å². The van der Waals surface area contributed by atoms with E-state index in [1.54, 1.807) is 6.07 Å². The summed E-state index contributed by atoms with van der Waals surface area (Å²) in [7, 11) is 0. The van der Waals surface area contributed by atoms with Crippen LogP contribution in [0.2, 0.25) is 0 Å². The second-order valence-corrected chi connectivity index (χ2v) is 6.70. The maximum Gasteiger partial charge on any atom is 0.290 e. The Hall–Kier alpha value is -1.97. The molecule has 116 valence electrons. The Balaban J connectivity index is 1.50. The van der Waals surface area contributed by atoms with Gasteiger partial charge in [0.05, 0.1) is 6.54 Å². The van der Waals surface area contributed by atoms with E-state index in [2.05, 4.69) is 13.0 Å². The number of furan rings is 2. The van der Waals surface area contributed by atoms with Gasteiger partial charge in [0.25, 0.3) is 5.91 Å². The third kappa shape index (κ3) is 2.58. The first-order valence-corrected chi connectivity index (χ1v) is 8.08. The van der Waals surface area contributed by atoms with Gasteiger partial charge in [0.15, 0.2) is 5.76 Å². The molecule has 0 spiro atoms. The van der Waals surface area contributed by atoms with Crippen molar-refractivity contribution in [1.29, 1.82) is 0 Å². The molecule has 1 amide bonds. The fourth-order valence-corrected chi connectivity index (χ4v) is 3.01. The lowest BCUT2D eigenvalue weighted by Gasteiger charge is -2.20. The van der Waals surface area contributed by atoms with E-state index >= 15 is 0 Å². The number of nitrogens with zero attached hydrogens (tertiary/aromatic N) is 1. The Morgan fingerprint density at radius 1 is 1.23 bits per heavy atom. The van der Waals surface area contributed by atoms with Crippen LogP contribution in [0, 0.1) is 12.8 Å². The summed E-state index contributed by atoms with van der Waals surface area (Å²) in [4.78, 5) is 14.5. The fraction of sp³-hybridized carbons (Fsp3) is 0.500. The topological polar surface area (TPSA) is 46.6 Å². The summed E-state index contributed by atoms with van der Waals surface area (Å²) in [5.41, 5.74) is 0. The molecule has 0 aliphatic heterocycles. The number of rotatable bonds is 5. The smallest absolute Gasteiger partial charge is 0.290 e. The minimum absolute atomic E-state index is 0.0339. The second-order valence-electron chi connectivity index (χ2n) is 6.70. The zero-order valence-electron chi connectivity index (χ0n) is 13.0. The maximum atomic E-state index is 12.6. The van der Waals surface area contributed by atoms with E-state index in [0.717, 1.165) is 36.0 Å². The summed E-state index contributed by atoms with van der Waals surface area (Å²) < 4.78 is 11.4. The first-order chi connectivity index (χ1) is 10.6. The van der Waals surface area contributed by atoms with Crippen molar-refractivity contribution in [2.45, 2.75) is 51.6 Å². The van der Waals surface area contributed by atoms with Crippen molar-refractivity contribution < 1.29 is 13.6 Å². The molecule has 4 heteroatoms. The van der Waals surface area contributed by atoms with Crippen molar-refractivity contribution in [1.82, 2.24) is 4.90 Å². The predicted octanol–water partition coefficient (Wildman–Crippen LogP) is 4.11. The van der Waals surface area contributed by atoms with E-state index in [1.807, 2.05) is 24.0 Å². The molecule has 2 unspecified atom stereocenters. The van der Waals surface area contributed by atoms with Crippen LogP contribution in [0.15, 0.2) is 33.1 Å². The highest BCUT2D eigenvalue weighted by Crippen LogP contribution is 2.47. The lowest BCUT2D eigenvalue weighted by molar-refractivity contribution is 0.0683. The molecule has 4 rings (SSSR count). The van der Waals surface area contributed by atoms with Gasteiger partial charge in [-0.2, -0.15) is 0 Å². The van der Waals surface area contributed by atoms with Gasteiger partial charge < -0.3 is 13.7 Å². The van der Waals surface area contributed by atoms with Crippen LogP contribution in [0.3, 0.4) is 0 Å². The SMILES string of the molecule is Cc1ccc(C(=O)N(Cc2ccc(C3CC3C)o2)C2CC2)o1. The van der Waals surface area contributed by atoms with Gasteiger partial charge in [0.2, 0.25) is 0 Å². The molecule has 0 bridgehead atoms. The van der Waals surface area contributed by atoms with Gasteiger partial charge in [0.1, 0.15) is 17.3 Å². The highest BCUT2D eigenvalue weighted by molar-refractivity contribution is 5.91. The molecule has 2 aliphatic carbocycles. The van der Waals surface area contributed by atoms with Gasteiger partial charge >= 0.3 is 0 Å². The Morgan fingerprint density at radius 2 is 2.00 bits per heavy atom. The molecule has 2 atom stereocenters. The lowest BCUT2D eigenvalue weighted by atomic mass is 10.3. The molecule has 22 heavy (non-hydrogen) atoms. The Labute approximate surface area is 130 Å². The van der Waals surface area contributed by atoms with Crippen LogP contribution in [-0.4, -0.2) is 16.8 Å². The second kappa shape index (κ2) is 5.04.